The van der Waals surface area contributed by atoms with Gasteiger partial charge in [0.1, 0.15) is 0 Å². The van der Waals surface area contributed by atoms with Gasteiger partial charge >= 0.3 is 0 Å². The van der Waals surface area contributed by atoms with E-state index in [1.165, 1.54) is 48.8 Å². The molecule has 0 spiro atoms. The summed E-state index contributed by atoms with van der Waals surface area (Å²) in [4.78, 5) is 15.8. The number of para-hydroxylation sites is 2. The van der Waals surface area contributed by atoms with Crippen molar-refractivity contribution in [2.24, 2.45) is 0 Å². The normalized spacial score (nSPS) is 16.2. The zero-order valence-corrected chi connectivity index (χ0v) is 28.3. The Kier molecular flexibility index (Phi) is 7.16. The van der Waals surface area contributed by atoms with Gasteiger partial charge in [0.15, 0.2) is 5.82 Å². The zero-order chi connectivity index (χ0) is 33.7. The summed E-state index contributed by atoms with van der Waals surface area (Å²) < 4.78 is 0. The molecule has 0 N–H and O–H groups in total. The molecular formula is C48H35N3. The Hall–Kier alpha value is -6.19. The van der Waals surface area contributed by atoms with Gasteiger partial charge in [0, 0.05) is 33.0 Å². The molecule has 1 unspecified atom stereocenters. The van der Waals surface area contributed by atoms with Crippen LogP contribution in [-0.4, -0.2) is 15.0 Å². The van der Waals surface area contributed by atoms with Crippen LogP contribution in [0.3, 0.4) is 0 Å². The van der Waals surface area contributed by atoms with E-state index in [9.17, 15) is 0 Å². The Bertz CT molecular complexity index is 2800. The number of pyridine rings is 1. The van der Waals surface area contributed by atoms with Gasteiger partial charge in [0.2, 0.25) is 0 Å². The molecule has 2 heterocycles. The number of rotatable bonds is 4. The van der Waals surface area contributed by atoms with E-state index in [2.05, 4.69) is 158 Å². The maximum Gasteiger partial charge on any atom is 0.160 e. The van der Waals surface area contributed by atoms with Crippen LogP contribution in [0.15, 0.2) is 158 Å². The van der Waals surface area contributed by atoms with Gasteiger partial charge in [-0.15, -0.1) is 0 Å². The Morgan fingerprint density at radius 3 is 1.88 bits per heavy atom. The smallest absolute Gasteiger partial charge is 0.160 e. The molecule has 8 aromatic rings. The van der Waals surface area contributed by atoms with Crippen molar-refractivity contribution in [1.29, 1.82) is 0 Å². The maximum absolute atomic E-state index is 5.42. The van der Waals surface area contributed by atoms with Gasteiger partial charge < -0.3 is 0 Å². The van der Waals surface area contributed by atoms with Gasteiger partial charge in [0.25, 0.3) is 0 Å². The number of hydrogen-bond donors (Lipinski definition) is 0. The van der Waals surface area contributed by atoms with Crippen molar-refractivity contribution in [3.8, 4) is 11.4 Å². The summed E-state index contributed by atoms with van der Waals surface area (Å²) >= 11 is 0. The first kappa shape index (κ1) is 29.7. The third-order valence-electron chi connectivity index (χ3n) is 10.7. The fraction of sp³-hybridized carbons (Fsp3) is 0.104. The lowest BCUT2D eigenvalue weighted by atomic mass is 9.90. The van der Waals surface area contributed by atoms with E-state index >= 15 is 0 Å². The van der Waals surface area contributed by atoms with E-state index in [0.29, 0.717) is 0 Å². The third kappa shape index (κ3) is 5.08. The molecular weight excluding hydrogens is 619 g/mol. The van der Waals surface area contributed by atoms with Crippen molar-refractivity contribution in [2.75, 3.05) is 0 Å². The van der Waals surface area contributed by atoms with Crippen LogP contribution in [0, 0.1) is 0 Å². The Morgan fingerprint density at radius 1 is 0.529 bits per heavy atom. The monoisotopic (exact) mass is 653 g/mol. The standard InChI is InChI=1S/C48H35N3/c1-2-13-31(14-3-1)32-25-29-35(30-26-32)48-50-43-24-11-9-22-41(43)46(51-48)33-15-12-16-34(28-27-33)47-45-39-20-7-5-18-37(39)36-17-4-6-19-38(36)44(45)40-21-8-10-23-42(40)49-47/h1-2,4-11,13,16-30,33H,3,12,14-15H2. The summed E-state index contributed by atoms with van der Waals surface area (Å²) in [5, 5.41) is 9.83. The van der Waals surface area contributed by atoms with Gasteiger partial charge in [-0.3, -0.25) is 0 Å². The number of nitrogens with zero attached hydrogens (tertiary/aromatic N) is 3. The fourth-order valence-electron chi connectivity index (χ4n) is 8.23. The first-order valence-electron chi connectivity index (χ1n) is 18.0. The molecule has 2 aliphatic rings. The highest BCUT2D eigenvalue weighted by Gasteiger charge is 2.21. The second-order valence-corrected chi connectivity index (χ2v) is 13.7. The van der Waals surface area contributed by atoms with Gasteiger partial charge in [-0.2, -0.15) is 0 Å². The molecule has 3 heteroatoms. The van der Waals surface area contributed by atoms with Gasteiger partial charge in [0.05, 0.1) is 22.4 Å². The summed E-state index contributed by atoms with van der Waals surface area (Å²) in [5.74, 6) is 0.910. The molecule has 0 radical (unpaired) electrons. The summed E-state index contributed by atoms with van der Waals surface area (Å²) in [6, 6.07) is 43.5. The van der Waals surface area contributed by atoms with Crippen LogP contribution in [0.2, 0.25) is 0 Å². The molecule has 10 rings (SSSR count). The van der Waals surface area contributed by atoms with Gasteiger partial charge in [-0.25, -0.2) is 15.0 Å². The third-order valence-corrected chi connectivity index (χ3v) is 10.7. The molecule has 1 atom stereocenters. The summed E-state index contributed by atoms with van der Waals surface area (Å²) in [5.41, 5.74) is 8.97. The minimum absolute atomic E-state index is 0.133. The lowest BCUT2D eigenvalue weighted by Gasteiger charge is -2.16. The van der Waals surface area contributed by atoms with Crippen LogP contribution in [-0.2, 0) is 0 Å². The number of fused-ring (bicyclic) bond motifs is 9. The lowest BCUT2D eigenvalue weighted by Crippen LogP contribution is -2.03. The molecule has 0 amide bonds. The van der Waals surface area contributed by atoms with Crippen molar-refractivity contribution < 1.29 is 0 Å². The fourth-order valence-corrected chi connectivity index (χ4v) is 8.23. The van der Waals surface area contributed by atoms with Crippen LogP contribution in [0.25, 0.3) is 76.7 Å². The van der Waals surface area contributed by atoms with Crippen molar-refractivity contribution in [3.05, 3.63) is 175 Å². The summed E-state index contributed by atoms with van der Waals surface area (Å²) in [6.07, 6.45) is 17.7. The molecule has 0 saturated heterocycles. The number of hydrogen-bond acceptors (Lipinski definition) is 3. The van der Waals surface area contributed by atoms with Crippen molar-refractivity contribution in [1.82, 2.24) is 15.0 Å². The first-order chi connectivity index (χ1) is 25.3. The van der Waals surface area contributed by atoms with E-state index in [0.717, 1.165) is 70.5 Å². The topological polar surface area (TPSA) is 38.7 Å². The van der Waals surface area contributed by atoms with Crippen LogP contribution < -0.4 is 0 Å². The highest BCUT2D eigenvalue weighted by atomic mass is 14.9. The molecule has 0 saturated carbocycles. The minimum atomic E-state index is 0.133. The van der Waals surface area contributed by atoms with Crippen LogP contribution in [0.5, 0.6) is 0 Å². The maximum atomic E-state index is 5.42. The SMILES string of the molecule is C1=CCCC(c2ccc(-c3nc(C4C=CC(c5nc6ccccc6c6c7ccccc7c7ccccc7c56)=CCC4)c4ccccc4n3)cc2)=C1. The van der Waals surface area contributed by atoms with E-state index in [4.69, 9.17) is 15.0 Å². The van der Waals surface area contributed by atoms with Crippen LogP contribution in [0.1, 0.15) is 48.6 Å². The largest absolute Gasteiger partial charge is 0.247 e. The first-order valence-corrected chi connectivity index (χ1v) is 18.0. The van der Waals surface area contributed by atoms with Crippen LogP contribution in [0.4, 0.5) is 0 Å². The average Bonchev–Trinajstić information content (AvgIpc) is 3.47. The molecule has 0 aliphatic heterocycles. The van der Waals surface area contributed by atoms with Crippen molar-refractivity contribution in [2.45, 2.75) is 31.6 Å². The Balaban J connectivity index is 1.10. The minimum Gasteiger partial charge on any atom is -0.247 e. The number of aromatic nitrogens is 3. The average molecular weight is 654 g/mol. The molecule has 2 aliphatic carbocycles. The molecule has 51 heavy (non-hydrogen) atoms. The summed E-state index contributed by atoms with van der Waals surface area (Å²) in [7, 11) is 0. The number of allylic oxidation sites excluding steroid dienone is 8. The Morgan fingerprint density at radius 2 is 1.16 bits per heavy atom. The second kappa shape index (κ2) is 12.3. The van der Waals surface area contributed by atoms with E-state index in [1.54, 1.807) is 0 Å². The van der Waals surface area contributed by atoms with Crippen molar-refractivity contribution in [3.63, 3.8) is 0 Å². The quantitative estimate of drug-likeness (QED) is 0.177. The summed E-state index contributed by atoms with van der Waals surface area (Å²) in [6.45, 7) is 0. The highest BCUT2D eigenvalue weighted by molar-refractivity contribution is 6.32. The van der Waals surface area contributed by atoms with E-state index < -0.39 is 0 Å². The predicted molar refractivity (Wildman–Crippen MR) is 215 cm³/mol. The van der Waals surface area contributed by atoms with Gasteiger partial charge in [-0.05, 0) is 76.1 Å². The van der Waals surface area contributed by atoms with E-state index in [1.807, 2.05) is 0 Å². The molecule has 6 aromatic carbocycles. The van der Waals surface area contributed by atoms with E-state index in [-0.39, 0.29) is 5.92 Å². The molecule has 0 bridgehead atoms. The van der Waals surface area contributed by atoms with Crippen LogP contribution >= 0.6 is 0 Å². The molecule has 2 aromatic heterocycles. The lowest BCUT2D eigenvalue weighted by molar-refractivity contribution is 0.738. The highest BCUT2D eigenvalue weighted by Crippen LogP contribution is 2.43. The molecule has 3 nitrogen and oxygen atoms in total. The number of benzene rings is 6. The van der Waals surface area contributed by atoms with Gasteiger partial charge in [-0.1, -0.05) is 146 Å². The molecule has 0 fully saturated rings. The Labute approximate surface area is 297 Å². The van der Waals surface area contributed by atoms with Crippen molar-refractivity contribution >= 4 is 65.3 Å². The zero-order valence-electron chi connectivity index (χ0n) is 28.3. The predicted octanol–water partition coefficient (Wildman–Crippen LogP) is 12.6. The molecule has 242 valence electrons. The second-order valence-electron chi connectivity index (χ2n) is 13.7.